The number of hydrogen-bond acceptors (Lipinski definition) is 3. The second-order valence-electron chi connectivity index (χ2n) is 4.77. The first-order valence-corrected chi connectivity index (χ1v) is 6.24. The van der Waals surface area contributed by atoms with E-state index < -0.39 is 11.5 Å². The molecule has 0 unspecified atom stereocenters. The maximum Gasteiger partial charge on any atom is 0.323 e. The van der Waals surface area contributed by atoms with E-state index in [0.29, 0.717) is 25.3 Å². The first kappa shape index (κ1) is 13.5. The molecule has 1 saturated carbocycles. The van der Waals surface area contributed by atoms with Crippen LogP contribution >= 0.6 is 0 Å². The number of hydrogen-bond donors (Lipinski definition) is 3. The summed E-state index contributed by atoms with van der Waals surface area (Å²) in [5, 5.41) is 21.1. The van der Waals surface area contributed by atoms with Crippen molar-refractivity contribution >= 4 is 5.97 Å². The smallest absolute Gasteiger partial charge is 0.323 e. The number of aliphatic hydroxyl groups is 1. The number of aliphatic hydroxyl groups excluding tert-OH is 1. The molecule has 0 aliphatic heterocycles. The highest BCUT2D eigenvalue weighted by Gasteiger charge is 2.41. The number of nitrogens with one attached hydrogen (secondary N) is 1. The number of aliphatic carboxylic acids is 1. The summed E-state index contributed by atoms with van der Waals surface area (Å²) in [5.74, 6) is -0.0794. The fourth-order valence-electron chi connectivity index (χ4n) is 2.63. The average Bonchev–Trinajstić information content (AvgIpc) is 2.28. The van der Waals surface area contributed by atoms with E-state index >= 15 is 0 Å². The first-order valence-electron chi connectivity index (χ1n) is 6.24. The second kappa shape index (κ2) is 6.21. The molecule has 0 aromatic carbocycles. The summed E-state index contributed by atoms with van der Waals surface area (Å²) >= 11 is 0. The highest BCUT2D eigenvalue weighted by molar-refractivity contribution is 5.78. The lowest BCUT2D eigenvalue weighted by molar-refractivity contribution is -0.147. The molecule has 0 heterocycles. The Morgan fingerprint density at radius 1 is 1.44 bits per heavy atom. The van der Waals surface area contributed by atoms with Gasteiger partial charge in [-0.1, -0.05) is 19.8 Å². The maximum absolute atomic E-state index is 11.3. The highest BCUT2D eigenvalue weighted by atomic mass is 16.4. The number of carboxylic acids is 1. The molecule has 1 fully saturated rings. The molecule has 0 bridgehead atoms. The zero-order valence-electron chi connectivity index (χ0n) is 10.0. The van der Waals surface area contributed by atoms with Gasteiger partial charge in [-0.15, -0.1) is 0 Å². The van der Waals surface area contributed by atoms with E-state index in [9.17, 15) is 9.90 Å². The van der Waals surface area contributed by atoms with Crippen LogP contribution in [0.3, 0.4) is 0 Å². The molecule has 0 atom stereocenters. The second-order valence-corrected chi connectivity index (χ2v) is 4.77. The molecule has 16 heavy (non-hydrogen) atoms. The zero-order chi connectivity index (χ0) is 12.0. The van der Waals surface area contributed by atoms with Crippen molar-refractivity contribution < 1.29 is 15.0 Å². The molecule has 3 N–H and O–H groups in total. The van der Waals surface area contributed by atoms with Crippen LogP contribution in [0.15, 0.2) is 0 Å². The Morgan fingerprint density at radius 2 is 2.06 bits per heavy atom. The van der Waals surface area contributed by atoms with Crippen LogP contribution in [0.4, 0.5) is 0 Å². The van der Waals surface area contributed by atoms with Crippen LogP contribution in [0.5, 0.6) is 0 Å². The molecule has 1 aliphatic rings. The van der Waals surface area contributed by atoms with Crippen molar-refractivity contribution in [2.75, 3.05) is 13.2 Å². The van der Waals surface area contributed by atoms with Gasteiger partial charge in [0.15, 0.2) is 0 Å². The lowest BCUT2D eigenvalue weighted by Crippen LogP contribution is -2.55. The van der Waals surface area contributed by atoms with E-state index in [0.717, 1.165) is 12.8 Å². The monoisotopic (exact) mass is 229 g/mol. The fourth-order valence-corrected chi connectivity index (χ4v) is 2.63. The molecular weight excluding hydrogens is 206 g/mol. The van der Waals surface area contributed by atoms with Gasteiger partial charge >= 0.3 is 5.97 Å². The molecule has 94 valence electrons. The lowest BCUT2D eigenvalue weighted by Gasteiger charge is -2.37. The minimum Gasteiger partial charge on any atom is -0.480 e. The number of rotatable bonds is 6. The average molecular weight is 229 g/mol. The summed E-state index contributed by atoms with van der Waals surface area (Å²) < 4.78 is 0. The van der Waals surface area contributed by atoms with Gasteiger partial charge in [0, 0.05) is 6.54 Å². The molecule has 0 radical (unpaired) electrons. The minimum atomic E-state index is -0.785. The Balaban J connectivity index is 2.52. The molecule has 0 aromatic rings. The van der Waals surface area contributed by atoms with Gasteiger partial charge in [-0.05, 0) is 31.6 Å². The van der Waals surface area contributed by atoms with Gasteiger partial charge in [0.2, 0.25) is 0 Å². The largest absolute Gasteiger partial charge is 0.480 e. The third-order valence-electron chi connectivity index (χ3n) is 3.64. The van der Waals surface area contributed by atoms with Crippen LogP contribution in [0.1, 0.15) is 45.4 Å². The van der Waals surface area contributed by atoms with Gasteiger partial charge in [0.25, 0.3) is 0 Å². The molecule has 4 heteroatoms. The number of β-amino-alcohol motifs (C(OH)–C–C–N with tert-alkyl or cyclic N) is 1. The van der Waals surface area contributed by atoms with Gasteiger partial charge in [-0.2, -0.15) is 0 Å². The Bertz CT molecular complexity index is 222. The number of carbonyl (C=O) groups is 1. The van der Waals surface area contributed by atoms with Crippen LogP contribution in [-0.2, 0) is 4.79 Å². The summed E-state index contributed by atoms with van der Waals surface area (Å²) in [6.45, 7) is 2.53. The maximum atomic E-state index is 11.3. The van der Waals surface area contributed by atoms with Crippen molar-refractivity contribution in [3.8, 4) is 0 Å². The van der Waals surface area contributed by atoms with Crippen molar-refractivity contribution in [2.45, 2.75) is 51.0 Å². The molecule has 0 saturated heterocycles. The molecule has 0 amide bonds. The van der Waals surface area contributed by atoms with Crippen molar-refractivity contribution in [2.24, 2.45) is 5.92 Å². The van der Waals surface area contributed by atoms with E-state index in [2.05, 4.69) is 12.2 Å². The van der Waals surface area contributed by atoms with Gasteiger partial charge in [0.1, 0.15) is 5.54 Å². The summed E-state index contributed by atoms with van der Waals surface area (Å²) in [6.07, 6.45) is 5.72. The molecule has 0 spiro atoms. The van der Waals surface area contributed by atoms with Gasteiger partial charge in [0.05, 0.1) is 6.61 Å². The van der Waals surface area contributed by atoms with Crippen LogP contribution in [-0.4, -0.2) is 34.9 Å². The van der Waals surface area contributed by atoms with Gasteiger partial charge < -0.3 is 10.2 Å². The van der Waals surface area contributed by atoms with Crippen LogP contribution in [0.25, 0.3) is 0 Å². The first-order chi connectivity index (χ1) is 7.64. The predicted octanol–water partition coefficient (Wildman–Crippen LogP) is 1.38. The SMILES string of the molecule is CCCC1CCC(NCCO)(C(=O)O)CC1. The van der Waals surface area contributed by atoms with Crippen molar-refractivity contribution in [3.05, 3.63) is 0 Å². The Kier molecular flexibility index (Phi) is 5.22. The van der Waals surface area contributed by atoms with Crippen LogP contribution in [0.2, 0.25) is 0 Å². The summed E-state index contributed by atoms with van der Waals surface area (Å²) in [5.41, 5.74) is -0.785. The quantitative estimate of drug-likeness (QED) is 0.643. The molecule has 1 aliphatic carbocycles. The van der Waals surface area contributed by atoms with Crippen LogP contribution < -0.4 is 5.32 Å². The Hall–Kier alpha value is -0.610. The number of carboxylic acid groups (broad SMARTS) is 1. The predicted molar refractivity (Wildman–Crippen MR) is 62.3 cm³/mol. The topological polar surface area (TPSA) is 69.6 Å². The van der Waals surface area contributed by atoms with E-state index in [-0.39, 0.29) is 6.61 Å². The molecule has 0 aromatic heterocycles. The standard InChI is InChI=1S/C12H23NO3/c1-2-3-10-4-6-12(7-5-10,11(15)16)13-8-9-14/h10,13-14H,2-9H2,1H3,(H,15,16). The molecule has 1 rings (SSSR count). The lowest BCUT2D eigenvalue weighted by atomic mass is 9.75. The summed E-state index contributed by atoms with van der Waals surface area (Å²) in [7, 11) is 0. The van der Waals surface area contributed by atoms with E-state index in [1.165, 1.54) is 12.8 Å². The molecule has 4 nitrogen and oxygen atoms in total. The van der Waals surface area contributed by atoms with Crippen LogP contribution in [0, 0.1) is 5.92 Å². The summed E-state index contributed by atoms with van der Waals surface area (Å²) in [6, 6.07) is 0. The zero-order valence-corrected chi connectivity index (χ0v) is 10.0. The van der Waals surface area contributed by atoms with Crippen molar-refractivity contribution in [1.29, 1.82) is 0 Å². The normalized spacial score (nSPS) is 30.2. The van der Waals surface area contributed by atoms with Gasteiger partial charge in [-0.3, -0.25) is 10.1 Å². The van der Waals surface area contributed by atoms with Crippen molar-refractivity contribution in [3.63, 3.8) is 0 Å². The van der Waals surface area contributed by atoms with Gasteiger partial charge in [-0.25, -0.2) is 0 Å². The summed E-state index contributed by atoms with van der Waals surface area (Å²) in [4.78, 5) is 11.3. The van der Waals surface area contributed by atoms with Crippen molar-refractivity contribution in [1.82, 2.24) is 5.32 Å². The van der Waals surface area contributed by atoms with E-state index in [1.54, 1.807) is 0 Å². The third kappa shape index (κ3) is 3.19. The Morgan fingerprint density at radius 3 is 2.50 bits per heavy atom. The molecular formula is C12H23NO3. The minimum absolute atomic E-state index is 0.00653. The fraction of sp³-hybridized carbons (Fsp3) is 0.917. The third-order valence-corrected chi connectivity index (χ3v) is 3.64. The van der Waals surface area contributed by atoms with E-state index in [1.807, 2.05) is 0 Å². The van der Waals surface area contributed by atoms with E-state index in [4.69, 9.17) is 5.11 Å². The Labute approximate surface area is 97.0 Å². The highest BCUT2D eigenvalue weighted by Crippen LogP contribution is 2.34.